The number of nitrogens with one attached hydrogen (secondary N) is 1. The first-order valence-corrected chi connectivity index (χ1v) is 7.46. The molecule has 0 heterocycles. The van der Waals surface area contributed by atoms with E-state index in [1.165, 1.54) is 18.2 Å². The van der Waals surface area contributed by atoms with Crippen LogP contribution >= 0.6 is 11.6 Å². The summed E-state index contributed by atoms with van der Waals surface area (Å²) in [7, 11) is -4.00. The maximum absolute atomic E-state index is 13.2. The van der Waals surface area contributed by atoms with Crippen LogP contribution < -0.4 is 4.72 Å². The first kappa shape index (κ1) is 14.8. The highest BCUT2D eigenvalue weighted by Gasteiger charge is 2.19. The van der Waals surface area contributed by atoms with Crippen LogP contribution in [0.4, 0.5) is 10.1 Å². The second kappa shape index (κ2) is 5.78. The van der Waals surface area contributed by atoms with E-state index in [-0.39, 0.29) is 16.1 Å². The van der Waals surface area contributed by atoms with Crippen LogP contribution in [0.15, 0.2) is 47.4 Å². The zero-order chi connectivity index (χ0) is 14.8. The Balaban J connectivity index is 2.43. The molecule has 0 bridgehead atoms. The molecule has 2 aromatic carbocycles. The Bertz CT molecular complexity index is 734. The molecule has 0 aliphatic rings. The fourth-order valence-electron chi connectivity index (χ4n) is 1.67. The third kappa shape index (κ3) is 3.27. The second-order valence-corrected chi connectivity index (χ2v) is 6.11. The summed E-state index contributed by atoms with van der Waals surface area (Å²) in [6, 6.07) is 9.29. The number of aliphatic hydroxyl groups is 1. The summed E-state index contributed by atoms with van der Waals surface area (Å²) in [6.45, 7) is -0.508. The molecule has 106 valence electrons. The van der Waals surface area contributed by atoms with Gasteiger partial charge in [0.2, 0.25) is 0 Å². The Kier molecular flexibility index (Phi) is 4.27. The molecule has 4 nitrogen and oxygen atoms in total. The number of sulfonamides is 1. The molecule has 0 spiro atoms. The predicted molar refractivity (Wildman–Crippen MR) is 74.6 cm³/mol. The van der Waals surface area contributed by atoms with E-state index in [0.717, 1.165) is 12.1 Å². The van der Waals surface area contributed by atoms with Gasteiger partial charge in [-0.3, -0.25) is 4.72 Å². The molecule has 0 aliphatic carbocycles. The zero-order valence-electron chi connectivity index (χ0n) is 10.2. The fraction of sp³-hybridized carbons (Fsp3) is 0.0769. The van der Waals surface area contributed by atoms with Gasteiger partial charge in [-0.25, -0.2) is 12.8 Å². The van der Waals surface area contributed by atoms with E-state index in [1.54, 1.807) is 12.1 Å². The topological polar surface area (TPSA) is 66.4 Å². The van der Waals surface area contributed by atoms with E-state index >= 15 is 0 Å². The van der Waals surface area contributed by atoms with Crippen molar-refractivity contribution >= 4 is 27.3 Å². The largest absolute Gasteiger partial charge is 0.392 e. The molecule has 7 heteroatoms. The Hall–Kier alpha value is -1.63. The smallest absolute Gasteiger partial charge is 0.262 e. The molecule has 0 atom stereocenters. The third-order valence-corrected chi connectivity index (χ3v) is 4.26. The minimum absolute atomic E-state index is 0.112. The van der Waals surface area contributed by atoms with Gasteiger partial charge in [-0.05, 0) is 35.9 Å². The van der Waals surface area contributed by atoms with E-state index < -0.39 is 22.4 Å². The van der Waals surface area contributed by atoms with E-state index in [2.05, 4.69) is 4.72 Å². The van der Waals surface area contributed by atoms with Crippen LogP contribution in [-0.4, -0.2) is 13.5 Å². The minimum atomic E-state index is -4.00. The van der Waals surface area contributed by atoms with Crippen molar-refractivity contribution in [3.05, 3.63) is 58.9 Å². The molecule has 0 fully saturated rings. The van der Waals surface area contributed by atoms with Gasteiger partial charge in [-0.1, -0.05) is 23.7 Å². The van der Waals surface area contributed by atoms with E-state index in [9.17, 15) is 12.8 Å². The molecular weight excluding hydrogens is 305 g/mol. The normalized spacial score (nSPS) is 11.3. The van der Waals surface area contributed by atoms with Crippen molar-refractivity contribution < 1.29 is 17.9 Å². The summed E-state index contributed by atoms with van der Waals surface area (Å²) in [4.78, 5) is -0.306. The van der Waals surface area contributed by atoms with E-state index in [4.69, 9.17) is 16.7 Å². The first-order valence-electron chi connectivity index (χ1n) is 5.60. The van der Waals surface area contributed by atoms with Crippen LogP contribution in [0.25, 0.3) is 0 Å². The molecule has 0 amide bonds. The highest BCUT2D eigenvalue weighted by molar-refractivity contribution is 7.92. The van der Waals surface area contributed by atoms with Crippen LogP contribution in [0.2, 0.25) is 5.02 Å². The maximum Gasteiger partial charge on any atom is 0.262 e. The first-order chi connectivity index (χ1) is 9.42. The summed E-state index contributed by atoms with van der Waals surface area (Å²) in [5.41, 5.74) is 0.367. The lowest BCUT2D eigenvalue weighted by Gasteiger charge is -2.11. The fourth-order valence-corrected chi connectivity index (χ4v) is 3.15. The van der Waals surface area contributed by atoms with Crippen LogP contribution in [0, 0.1) is 5.82 Å². The zero-order valence-corrected chi connectivity index (χ0v) is 11.7. The van der Waals surface area contributed by atoms with Crippen molar-refractivity contribution in [1.29, 1.82) is 0 Å². The average Bonchev–Trinajstić information content (AvgIpc) is 2.38. The van der Waals surface area contributed by atoms with Crippen LogP contribution in [0.5, 0.6) is 0 Å². The van der Waals surface area contributed by atoms with Crippen molar-refractivity contribution in [3.8, 4) is 0 Å². The van der Waals surface area contributed by atoms with E-state index in [1.807, 2.05) is 0 Å². The van der Waals surface area contributed by atoms with Gasteiger partial charge in [0.1, 0.15) is 5.82 Å². The summed E-state index contributed by atoms with van der Waals surface area (Å²) in [6.07, 6.45) is 0. The summed E-state index contributed by atoms with van der Waals surface area (Å²) >= 11 is 5.77. The van der Waals surface area contributed by atoms with Gasteiger partial charge >= 0.3 is 0 Å². The van der Waals surface area contributed by atoms with Crippen molar-refractivity contribution in [2.24, 2.45) is 0 Å². The lowest BCUT2D eigenvalue weighted by Crippen LogP contribution is -2.15. The Morgan fingerprint density at radius 1 is 1.20 bits per heavy atom. The molecule has 2 rings (SSSR count). The number of hydrogen-bond donors (Lipinski definition) is 2. The molecule has 0 aromatic heterocycles. The number of halogens is 2. The Labute approximate surface area is 120 Å². The molecule has 0 radical (unpaired) electrons. The number of hydrogen-bond acceptors (Lipinski definition) is 3. The van der Waals surface area contributed by atoms with Gasteiger partial charge in [-0.15, -0.1) is 0 Å². The van der Waals surface area contributed by atoms with Crippen molar-refractivity contribution in [2.75, 3.05) is 4.72 Å². The number of anilines is 1. The van der Waals surface area contributed by atoms with Gasteiger partial charge in [0, 0.05) is 5.02 Å². The van der Waals surface area contributed by atoms with Crippen LogP contribution in [0.1, 0.15) is 5.56 Å². The summed E-state index contributed by atoms with van der Waals surface area (Å²) in [5, 5.41) is 9.51. The molecule has 2 N–H and O–H groups in total. The Morgan fingerprint density at radius 2 is 1.95 bits per heavy atom. The van der Waals surface area contributed by atoms with Crippen molar-refractivity contribution in [2.45, 2.75) is 11.5 Å². The van der Waals surface area contributed by atoms with Crippen molar-refractivity contribution in [3.63, 3.8) is 0 Å². The molecule has 0 saturated heterocycles. The number of aliphatic hydroxyl groups excluding tert-OH is 1. The highest BCUT2D eigenvalue weighted by Crippen LogP contribution is 2.22. The molecule has 20 heavy (non-hydrogen) atoms. The van der Waals surface area contributed by atoms with Gasteiger partial charge in [-0.2, -0.15) is 0 Å². The lowest BCUT2D eigenvalue weighted by molar-refractivity contribution is 0.278. The lowest BCUT2D eigenvalue weighted by atomic mass is 10.2. The summed E-state index contributed by atoms with van der Waals surface area (Å²) in [5.74, 6) is -0.700. The number of rotatable bonds is 4. The maximum atomic E-state index is 13.2. The molecule has 0 unspecified atom stereocenters. The molecule has 2 aromatic rings. The summed E-state index contributed by atoms with van der Waals surface area (Å²) < 4.78 is 39.9. The quantitative estimate of drug-likeness (QED) is 0.911. The molecule has 0 aliphatic heterocycles. The van der Waals surface area contributed by atoms with Crippen LogP contribution in [0.3, 0.4) is 0 Å². The van der Waals surface area contributed by atoms with Crippen LogP contribution in [-0.2, 0) is 16.6 Å². The predicted octanol–water partition coefficient (Wildman–Crippen LogP) is 2.77. The highest BCUT2D eigenvalue weighted by atomic mass is 35.5. The average molecular weight is 316 g/mol. The Morgan fingerprint density at radius 3 is 2.60 bits per heavy atom. The second-order valence-electron chi connectivity index (χ2n) is 4.03. The van der Waals surface area contributed by atoms with Gasteiger partial charge < -0.3 is 5.11 Å². The minimum Gasteiger partial charge on any atom is -0.392 e. The third-order valence-electron chi connectivity index (χ3n) is 2.57. The van der Waals surface area contributed by atoms with Gasteiger partial charge in [0.25, 0.3) is 10.0 Å². The molecular formula is C13H11ClFNO3S. The SMILES string of the molecule is O=S(=O)(Nc1cccc(Cl)c1)c1cc(F)ccc1CO. The van der Waals surface area contributed by atoms with Crippen molar-refractivity contribution in [1.82, 2.24) is 0 Å². The van der Waals surface area contributed by atoms with Gasteiger partial charge in [0.05, 0.1) is 17.2 Å². The van der Waals surface area contributed by atoms with Gasteiger partial charge in [0.15, 0.2) is 0 Å². The number of benzene rings is 2. The monoisotopic (exact) mass is 315 g/mol. The standard InChI is InChI=1S/C13H11ClFNO3S/c14-10-2-1-3-12(6-10)16-20(18,19)13-7-11(15)5-4-9(13)8-17/h1-7,16-17H,8H2. The molecule has 0 saturated carbocycles. The van der Waals surface area contributed by atoms with E-state index in [0.29, 0.717) is 5.02 Å².